The molecule has 146 valence electrons. The number of benzene rings is 2. The molecule has 0 unspecified atom stereocenters. The number of nitrogens with zero attached hydrogens (tertiary/aromatic N) is 3. The summed E-state index contributed by atoms with van der Waals surface area (Å²) < 4.78 is 18.2. The van der Waals surface area contributed by atoms with Crippen LogP contribution < -0.4 is 5.32 Å². The van der Waals surface area contributed by atoms with E-state index in [2.05, 4.69) is 15.5 Å². The van der Waals surface area contributed by atoms with Gasteiger partial charge in [-0.05, 0) is 29.8 Å². The number of carbonyl (C=O) groups excluding carboxylic acids is 1. The lowest BCUT2D eigenvalue weighted by Crippen LogP contribution is -2.36. The van der Waals surface area contributed by atoms with Crippen molar-refractivity contribution in [3.8, 4) is 0 Å². The van der Waals surface area contributed by atoms with E-state index in [1.165, 1.54) is 12.1 Å². The summed E-state index contributed by atoms with van der Waals surface area (Å²) in [5.74, 6) is 0.704. The van der Waals surface area contributed by atoms with Crippen molar-refractivity contribution in [1.29, 1.82) is 0 Å². The molecule has 3 rings (SSSR count). The number of hydrogen-bond acceptors (Lipinski definition) is 5. The van der Waals surface area contributed by atoms with Gasteiger partial charge in [-0.3, -0.25) is 9.69 Å². The summed E-state index contributed by atoms with van der Waals surface area (Å²) >= 11 is 0. The predicted octanol–water partition coefficient (Wildman–Crippen LogP) is 2.94. The molecule has 6 nitrogen and oxygen atoms in total. The van der Waals surface area contributed by atoms with E-state index in [-0.39, 0.29) is 18.3 Å². The minimum atomic E-state index is -0.293. The Morgan fingerprint density at radius 2 is 1.86 bits per heavy atom. The van der Waals surface area contributed by atoms with Crippen LogP contribution in [0.25, 0.3) is 0 Å². The SMILES string of the molecule is CCN(CC(=O)NCc1ccc(F)cc1)Cc1noc(Cc2ccccc2)n1. The van der Waals surface area contributed by atoms with E-state index in [1.807, 2.05) is 42.2 Å². The molecule has 0 aliphatic carbocycles. The third kappa shape index (κ3) is 5.99. The van der Waals surface area contributed by atoms with Crippen LogP contribution in [0.5, 0.6) is 0 Å². The number of nitrogens with one attached hydrogen (secondary N) is 1. The Morgan fingerprint density at radius 3 is 2.57 bits per heavy atom. The van der Waals surface area contributed by atoms with Crippen molar-refractivity contribution in [1.82, 2.24) is 20.4 Å². The quantitative estimate of drug-likeness (QED) is 0.616. The summed E-state index contributed by atoms with van der Waals surface area (Å²) in [5, 5.41) is 6.85. The molecule has 1 N–H and O–H groups in total. The summed E-state index contributed by atoms with van der Waals surface area (Å²) in [6.45, 7) is 3.66. The van der Waals surface area contributed by atoms with Crippen LogP contribution in [0.3, 0.4) is 0 Å². The Kier molecular flexibility index (Phi) is 6.86. The molecule has 0 saturated heterocycles. The van der Waals surface area contributed by atoms with Crippen molar-refractivity contribution in [3.05, 3.63) is 83.3 Å². The number of amides is 1. The van der Waals surface area contributed by atoms with E-state index in [1.54, 1.807) is 12.1 Å². The van der Waals surface area contributed by atoms with Gasteiger partial charge in [0, 0.05) is 6.54 Å². The standard InChI is InChI=1S/C21H23FN4O2/c1-2-26(15-20(27)23-13-17-8-10-18(22)11-9-17)14-19-24-21(28-25-19)12-16-6-4-3-5-7-16/h3-11H,2,12-15H2,1H3,(H,23,27). The minimum Gasteiger partial charge on any atom is -0.351 e. The molecule has 2 aromatic carbocycles. The fourth-order valence-electron chi connectivity index (χ4n) is 2.74. The summed E-state index contributed by atoms with van der Waals surface area (Å²) in [6.07, 6.45) is 0.581. The molecule has 0 atom stereocenters. The molecule has 0 aliphatic rings. The fourth-order valence-corrected chi connectivity index (χ4v) is 2.74. The van der Waals surface area contributed by atoms with E-state index in [0.717, 1.165) is 11.1 Å². The van der Waals surface area contributed by atoms with E-state index >= 15 is 0 Å². The Bertz CT molecular complexity index is 881. The lowest BCUT2D eigenvalue weighted by molar-refractivity contribution is -0.122. The third-order valence-corrected chi connectivity index (χ3v) is 4.29. The zero-order chi connectivity index (χ0) is 19.8. The van der Waals surface area contributed by atoms with Crippen LogP contribution in [-0.4, -0.2) is 34.0 Å². The third-order valence-electron chi connectivity index (χ3n) is 4.29. The highest BCUT2D eigenvalue weighted by molar-refractivity contribution is 5.77. The molecule has 3 aromatic rings. The van der Waals surface area contributed by atoms with E-state index in [4.69, 9.17) is 4.52 Å². The average molecular weight is 382 g/mol. The van der Waals surface area contributed by atoms with Gasteiger partial charge in [-0.1, -0.05) is 54.5 Å². The number of rotatable bonds is 9. The van der Waals surface area contributed by atoms with Gasteiger partial charge in [0.15, 0.2) is 5.82 Å². The molecule has 1 aromatic heterocycles. The topological polar surface area (TPSA) is 71.3 Å². The van der Waals surface area contributed by atoms with Crippen LogP contribution in [0.4, 0.5) is 4.39 Å². The molecular formula is C21H23FN4O2. The maximum Gasteiger partial charge on any atom is 0.234 e. The maximum atomic E-state index is 12.9. The number of halogens is 1. The van der Waals surface area contributed by atoms with Crippen molar-refractivity contribution in [3.63, 3.8) is 0 Å². The molecule has 7 heteroatoms. The van der Waals surface area contributed by atoms with Gasteiger partial charge in [-0.25, -0.2) is 4.39 Å². The minimum absolute atomic E-state index is 0.112. The van der Waals surface area contributed by atoms with Crippen LogP contribution in [0.2, 0.25) is 0 Å². The van der Waals surface area contributed by atoms with Crippen LogP contribution in [0.1, 0.15) is 29.8 Å². The Balaban J connectivity index is 1.48. The monoisotopic (exact) mass is 382 g/mol. The largest absolute Gasteiger partial charge is 0.351 e. The van der Waals surface area contributed by atoms with Gasteiger partial charge in [0.25, 0.3) is 0 Å². The molecule has 0 saturated carbocycles. The summed E-state index contributed by atoms with van der Waals surface area (Å²) in [4.78, 5) is 18.5. The highest BCUT2D eigenvalue weighted by Crippen LogP contribution is 2.09. The summed E-state index contributed by atoms with van der Waals surface area (Å²) in [5.41, 5.74) is 1.95. The molecule has 1 amide bonds. The molecule has 0 radical (unpaired) electrons. The van der Waals surface area contributed by atoms with E-state index in [0.29, 0.717) is 37.8 Å². The fraction of sp³-hybridized carbons (Fsp3) is 0.286. The van der Waals surface area contributed by atoms with Gasteiger partial charge in [0.2, 0.25) is 11.8 Å². The van der Waals surface area contributed by atoms with Gasteiger partial charge in [-0.15, -0.1) is 0 Å². The first-order valence-corrected chi connectivity index (χ1v) is 9.21. The molecule has 0 aliphatic heterocycles. The van der Waals surface area contributed by atoms with E-state index in [9.17, 15) is 9.18 Å². The normalized spacial score (nSPS) is 11.0. The average Bonchev–Trinajstić information content (AvgIpc) is 3.14. The second kappa shape index (κ2) is 9.75. The van der Waals surface area contributed by atoms with Crippen LogP contribution in [0.15, 0.2) is 59.1 Å². The predicted molar refractivity (Wildman–Crippen MR) is 103 cm³/mol. The van der Waals surface area contributed by atoms with Crippen LogP contribution in [-0.2, 0) is 24.3 Å². The first-order chi connectivity index (χ1) is 13.6. The van der Waals surface area contributed by atoms with Crippen molar-refractivity contribution >= 4 is 5.91 Å². The number of carbonyl (C=O) groups is 1. The van der Waals surface area contributed by atoms with Gasteiger partial charge in [0.1, 0.15) is 5.82 Å². The van der Waals surface area contributed by atoms with Crippen molar-refractivity contribution in [2.45, 2.75) is 26.4 Å². The van der Waals surface area contributed by atoms with Crippen LogP contribution >= 0.6 is 0 Å². The summed E-state index contributed by atoms with van der Waals surface area (Å²) in [6, 6.07) is 16.0. The summed E-state index contributed by atoms with van der Waals surface area (Å²) in [7, 11) is 0. The Morgan fingerprint density at radius 1 is 1.11 bits per heavy atom. The first-order valence-electron chi connectivity index (χ1n) is 9.21. The molecule has 0 fully saturated rings. The van der Waals surface area contributed by atoms with Gasteiger partial charge in [0.05, 0.1) is 19.5 Å². The van der Waals surface area contributed by atoms with Crippen molar-refractivity contribution in [2.75, 3.05) is 13.1 Å². The molecule has 0 bridgehead atoms. The highest BCUT2D eigenvalue weighted by Gasteiger charge is 2.14. The zero-order valence-electron chi connectivity index (χ0n) is 15.8. The van der Waals surface area contributed by atoms with Crippen molar-refractivity contribution in [2.24, 2.45) is 0 Å². The molecule has 28 heavy (non-hydrogen) atoms. The van der Waals surface area contributed by atoms with Gasteiger partial charge in [-0.2, -0.15) is 4.98 Å². The zero-order valence-corrected chi connectivity index (χ0v) is 15.8. The molecule has 0 spiro atoms. The lowest BCUT2D eigenvalue weighted by Gasteiger charge is -2.17. The molecule has 1 heterocycles. The second-order valence-electron chi connectivity index (χ2n) is 6.47. The smallest absolute Gasteiger partial charge is 0.234 e. The molecular weight excluding hydrogens is 359 g/mol. The maximum absolute atomic E-state index is 12.9. The Labute approximate surface area is 163 Å². The van der Waals surface area contributed by atoms with Gasteiger partial charge >= 0.3 is 0 Å². The van der Waals surface area contributed by atoms with Gasteiger partial charge < -0.3 is 9.84 Å². The first kappa shape index (κ1) is 19.7. The number of hydrogen-bond donors (Lipinski definition) is 1. The van der Waals surface area contributed by atoms with E-state index < -0.39 is 0 Å². The van der Waals surface area contributed by atoms with Crippen molar-refractivity contribution < 1.29 is 13.7 Å². The number of likely N-dealkylation sites (N-methyl/N-ethyl adjacent to an activating group) is 1. The number of aromatic nitrogens is 2. The second-order valence-corrected chi connectivity index (χ2v) is 6.47. The Hall–Kier alpha value is -3.06. The lowest BCUT2D eigenvalue weighted by atomic mass is 10.1. The highest BCUT2D eigenvalue weighted by atomic mass is 19.1. The van der Waals surface area contributed by atoms with Crippen LogP contribution in [0, 0.1) is 5.82 Å².